The molecule has 2 heterocycles. The first-order valence-electron chi connectivity index (χ1n) is 6.07. The number of hydrogen-bond acceptors (Lipinski definition) is 4. The Morgan fingerprint density at radius 1 is 1.33 bits per heavy atom. The quantitative estimate of drug-likeness (QED) is 0.870. The second-order valence-electron chi connectivity index (χ2n) is 4.44. The van der Waals surface area contributed by atoms with E-state index in [2.05, 4.69) is 10.1 Å². The number of aliphatic hydroxyl groups is 1. The molecule has 1 saturated heterocycles. The number of rotatable bonds is 2. The maximum absolute atomic E-state index is 10.9. The van der Waals surface area contributed by atoms with Crippen LogP contribution in [0, 0.1) is 0 Å². The van der Waals surface area contributed by atoms with Gasteiger partial charge in [0.05, 0.1) is 6.61 Å². The Labute approximate surface area is 105 Å². The van der Waals surface area contributed by atoms with Crippen LogP contribution in [0.25, 0.3) is 0 Å². The highest BCUT2D eigenvalue weighted by Crippen LogP contribution is 2.40. The molecule has 1 aliphatic heterocycles. The molecule has 2 atom stereocenters. The number of nitrogens with zero attached hydrogens (tertiary/aromatic N) is 3. The average molecular weight is 245 g/mol. The van der Waals surface area contributed by atoms with Crippen LogP contribution in [0.4, 0.5) is 0 Å². The van der Waals surface area contributed by atoms with Crippen LogP contribution in [-0.4, -0.2) is 26.5 Å². The van der Waals surface area contributed by atoms with Crippen LogP contribution in [-0.2, 0) is 10.5 Å². The molecule has 0 aliphatic carbocycles. The third-order valence-electron chi connectivity index (χ3n) is 3.34. The van der Waals surface area contributed by atoms with Crippen molar-refractivity contribution in [1.82, 2.24) is 14.8 Å². The second kappa shape index (κ2) is 4.51. The fourth-order valence-electron chi connectivity index (χ4n) is 2.44. The van der Waals surface area contributed by atoms with Crippen molar-refractivity contribution in [3.05, 3.63) is 48.5 Å². The minimum Gasteiger partial charge on any atom is -0.360 e. The molecule has 1 N–H and O–H groups in total. The van der Waals surface area contributed by atoms with Gasteiger partial charge in [0.1, 0.15) is 18.7 Å². The van der Waals surface area contributed by atoms with Gasteiger partial charge in [-0.1, -0.05) is 30.3 Å². The Balaban J connectivity index is 2.01. The summed E-state index contributed by atoms with van der Waals surface area (Å²) in [5, 5.41) is 15.0. The normalized spacial score (nSPS) is 28.2. The molecule has 0 bridgehead atoms. The molecule has 1 aliphatic rings. The molecular weight excluding hydrogens is 230 g/mol. The molecule has 2 aromatic rings. The lowest BCUT2D eigenvalue weighted by atomic mass is 9.92. The SMILES string of the molecule is OC1(c2ccccc2)OCCCC1n1cncn1. The zero-order chi connectivity index (χ0) is 12.4. The molecule has 0 saturated carbocycles. The van der Waals surface area contributed by atoms with Gasteiger partial charge in [-0.05, 0) is 12.8 Å². The van der Waals surface area contributed by atoms with Gasteiger partial charge in [0, 0.05) is 5.56 Å². The lowest BCUT2D eigenvalue weighted by Crippen LogP contribution is -2.43. The Bertz CT molecular complexity index is 500. The Morgan fingerprint density at radius 2 is 2.17 bits per heavy atom. The van der Waals surface area contributed by atoms with Gasteiger partial charge in [0.15, 0.2) is 0 Å². The molecule has 3 rings (SSSR count). The predicted molar refractivity (Wildman–Crippen MR) is 64.6 cm³/mol. The van der Waals surface area contributed by atoms with E-state index in [-0.39, 0.29) is 6.04 Å². The molecule has 5 heteroatoms. The highest BCUT2D eigenvalue weighted by molar-refractivity contribution is 5.22. The van der Waals surface area contributed by atoms with E-state index in [1.165, 1.54) is 6.33 Å². The Hall–Kier alpha value is -1.72. The minimum absolute atomic E-state index is 0.240. The van der Waals surface area contributed by atoms with E-state index in [0.29, 0.717) is 6.61 Å². The van der Waals surface area contributed by atoms with Crippen molar-refractivity contribution in [2.24, 2.45) is 0 Å². The van der Waals surface area contributed by atoms with Gasteiger partial charge in [0.25, 0.3) is 0 Å². The molecule has 5 nitrogen and oxygen atoms in total. The number of benzene rings is 1. The minimum atomic E-state index is -1.33. The number of ether oxygens (including phenoxy) is 1. The van der Waals surface area contributed by atoms with Crippen molar-refractivity contribution in [2.45, 2.75) is 24.7 Å². The van der Waals surface area contributed by atoms with Crippen LogP contribution in [0.2, 0.25) is 0 Å². The maximum Gasteiger partial charge on any atom is 0.215 e. The summed E-state index contributed by atoms with van der Waals surface area (Å²) in [7, 11) is 0. The monoisotopic (exact) mass is 245 g/mol. The highest BCUT2D eigenvalue weighted by atomic mass is 16.6. The summed E-state index contributed by atoms with van der Waals surface area (Å²) in [4.78, 5) is 3.94. The van der Waals surface area contributed by atoms with E-state index in [4.69, 9.17) is 4.74 Å². The zero-order valence-electron chi connectivity index (χ0n) is 9.94. The fraction of sp³-hybridized carbons (Fsp3) is 0.385. The van der Waals surface area contributed by atoms with Gasteiger partial charge in [-0.2, -0.15) is 5.10 Å². The summed E-state index contributed by atoms with van der Waals surface area (Å²) >= 11 is 0. The molecule has 0 amide bonds. The molecule has 1 fully saturated rings. The number of hydrogen-bond donors (Lipinski definition) is 1. The molecule has 18 heavy (non-hydrogen) atoms. The standard InChI is InChI=1S/C13H15N3O2/c17-13(11-5-2-1-3-6-11)12(7-4-8-18-13)16-10-14-9-15-16/h1-3,5-6,9-10,12,17H,4,7-8H2. The van der Waals surface area contributed by atoms with E-state index in [1.807, 2.05) is 30.3 Å². The Kier molecular flexibility index (Phi) is 2.85. The van der Waals surface area contributed by atoms with Gasteiger partial charge in [0.2, 0.25) is 5.79 Å². The smallest absolute Gasteiger partial charge is 0.215 e. The predicted octanol–water partition coefficient (Wildman–Crippen LogP) is 1.47. The summed E-state index contributed by atoms with van der Waals surface area (Å²) in [6.45, 7) is 0.552. The molecule has 1 aromatic heterocycles. The fourth-order valence-corrected chi connectivity index (χ4v) is 2.44. The van der Waals surface area contributed by atoms with Crippen LogP contribution in [0.1, 0.15) is 24.4 Å². The molecule has 2 unspecified atom stereocenters. The van der Waals surface area contributed by atoms with Crippen LogP contribution in [0.15, 0.2) is 43.0 Å². The molecule has 1 aromatic carbocycles. The first-order valence-corrected chi connectivity index (χ1v) is 6.07. The van der Waals surface area contributed by atoms with Crippen molar-refractivity contribution < 1.29 is 9.84 Å². The van der Waals surface area contributed by atoms with Crippen molar-refractivity contribution in [3.63, 3.8) is 0 Å². The van der Waals surface area contributed by atoms with Crippen LogP contribution >= 0.6 is 0 Å². The zero-order valence-corrected chi connectivity index (χ0v) is 9.94. The van der Waals surface area contributed by atoms with E-state index >= 15 is 0 Å². The maximum atomic E-state index is 10.9. The second-order valence-corrected chi connectivity index (χ2v) is 4.44. The van der Waals surface area contributed by atoms with Gasteiger partial charge in [-0.3, -0.25) is 0 Å². The molecule has 0 spiro atoms. The van der Waals surface area contributed by atoms with E-state index in [1.54, 1.807) is 11.0 Å². The third kappa shape index (κ3) is 1.81. The average Bonchev–Trinajstić information content (AvgIpc) is 2.94. The van der Waals surface area contributed by atoms with Crippen LogP contribution in [0.5, 0.6) is 0 Å². The van der Waals surface area contributed by atoms with Crippen molar-refractivity contribution >= 4 is 0 Å². The summed E-state index contributed by atoms with van der Waals surface area (Å²) in [6.07, 6.45) is 4.81. The lowest BCUT2D eigenvalue weighted by molar-refractivity contribution is -0.262. The summed E-state index contributed by atoms with van der Waals surface area (Å²) in [5.41, 5.74) is 0.755. The van der Waals surface area contributed by atoms with E-state index in [9.17, 15) is 5.11 Å². The van der Waals surface area contributed by atoms with Crippen molar-refractivity contribution in [2.75, 3.05) is 6.61 Å². The van der Waals surface area contributed by atoms with Gasteiger partial charge < -0.3 is 9.84 Å². The highest BCUT2D eigenvalue weighted by Gasteiger charge is 2.43. The largest absolute Gasteiger partial charge is 0.360 e. The molecule has 0 radical (unpaired) electrons. The Morgan fingerprint density at radius 3 is 2.89 bits per heavy atom. The topological polar surface area (TPSA) is 60.2 Å². The van der Waals surface area contributed by atoms with Crippen LogP contribution < -0.4 is 0 Å². The summed E-state index contributed by atoms with van der Waals surface area (Å²) < 4.78 is 7.33. The molecule has 94 valence electrons. The molecular formula is C13H15N3O2. The van der Waals surface area contributed by atoms with Gasteiger partial charge in [-0.15, -0.1) is 0 Å². The van der Waals surface area contributed by atoms with Crippen molar-refractivity contribution in [1.29, 1.82) is 0 Å². The van der Waals surface area contributed by atoms with E-state index in [0.717, 1.165) is 18.4 Å². The summed E-state index contributed by atoms with van der Waals surface area (Å²) in [5.74, 6) is -1.33. The first kappa shape index (κ1) is 11.4. The van der Waals surface area contributed by atoms with Crippen molar-refractivity contribution in [3.8, 4) is 0 Å². The number of aromatic nitrogens is 3. The van der Waals surface area contributed by atoms with Gasteiger partial charge in [-0.25, -0.2) is 9.67 Å². The first-order chi connectivity index (χ1) is 8.81. The van der Waals surface area contributed by atoms with Gasteiger partial charge >= 0.3 is 0 Å². The summed E-state index contributed by atoms with van der Waals surface area (Å²) in [6, 6.07) is 9.20. The lowest BCUT2D eigenvalue weighted by Gasteiger charge is -2.39. The third-order valence-corrected chi connectivity index (χ3v) is 3.34. The van der Waals surface area contributed by atoms with Crippen LogP contribution in [0.3, 0.4) is 0 Å². The van der Waals surface area contributed by atoms with E-state index < -0.39 is 5.79 Å².